The van der Waals surface area contributed by atoms with Crippen LogP contribution in [0.2, 0.25) is 0 Å². The van der Waals surface area contributed by atoms with E-state index in [0.29, 0.717) is 24.0 Å². The Bertz CT molecular complexity index is 1960. The molecule has 7 rings (SSSR count). The zero-order chi connectivity index (χ0) is 31.8. The molecule has 46 heavy (non-hydrogen) atoms. The monoisotopic (exact) mass is 601 g/mol. The number of benzene rings is 6. The highest BCUT2D eigenvalue weighted by Crippen LogP contribution is 2.55. The van der Waals surface area contributed by atoms with Gasteiger partial charge < -0.3 is 10.2 Å². The van der Waals surface area contributed by atoms with Gasteiger partial charge in [0.15, 0.2) is 0 Å². The molecule has 1 amide bonds. The molecule has 0 aromatic heterocycles. The zero-order valence-corrected chi connectivity index (χ0v) is 25.9. The maximum absolute atomic E-state index is 15.6. The third kappa shape index (κ3) is 4.49. The molecule has 0 radical (unpaired) electrons. The Morgan fingerprint density at radius 3 is 1.48 bits per heavy atom. The van der Waals surface area contributed by atoms with Crippen LogP contribution in [0.5, 0.6) is 11.5 Å². The first-order valence-electron chi connectivity index (χ1n) is 15.8. The lowest BCUT2D eigenvalue weighted by atomic mass is 9.68. The molecule has 6 aromatic rings. The van der Waals surface area contributed by atoms with Crippen molar-refractivity contribution in [2.24, 2.45) is 0 Å². The van der Waals surface area contributed by atoms with Gasteiger partial charge >= 0.3 is 0 Å². The first-order valence-corrected chi connectivity index (χ1v) is 15.8. The summed E-state index contributed by atoms with van der Waals surface area (Å²) in [6, 6.07) is 45.3. The summed E-state index contributed by atoms with van der Waals surface area (Å²) in [5.41, 5.74) is 7.30. The van der Waals surface area contributed by atoms with Crippen molar-refractivity contribution in [3.63, 3.8) is 0 Å². The molecular weight excluding hydrogens is 566 g/mol. The average molecular weight is 602 g/mol. The van der Waals surface area contributed by atoms with Crippen LogP contribution in [0, 0.1) is 0 Å². The van der Waals surface area contributed by atoms with Gasteiger partial charge in [0, 0.05) is 22.4 Å². The topological polar surface area (TPSA) is 60.8 Å². The lowest BCUT2D eigenvalue weighted by Gasteiger charge is -2.32. The van der Waals surface area contributed by atoms with Crippen molar-refractivity contribution < 1.29 is 15.0 Å². The summed E-state index contributed by atoms with van der Waals surface area (Å²) >= 11 is 0. The quantitative estimate of drug-likeness (QED) is 0.192. The highest BCUT2D eigenvalue weighted by atomic mass is 16.3. The van der Waals surface area contributed by atoms with E-state index >= 15 is 4.79 Å². The number of para-hydroxylation sites is 2. The van der Waals surface area contributed by atoms with Gasteiger partial charge in [-0.05, 0) is 76.6 Å². The normalized spacial score (nSPS) is 13.5. The SMILES string of the molecule is CCc1cc(C2(c3cc(CC)c(O)c(-c4ccccc4)c3)C(=O)N(c3ccccc3)c3ccccc32)cc(-c2ccccc2)c1O. The molecule has 4 nitrogen and oxygen atoms in total. The molecule has 0 saturated heterocycles. The molecule has 1 aliphatic heterocycles. The number of rotatable bonds is 7. The summed E-state index contributed by atoms with van der Waals surface area (Å²) in [6.45, 7) is 4.04. The van der Waals surface area contributed by atoms with Gasteiger partial charge in [0.1, 0.15) is 16.9 Å². The Morgan fingerprint density at radius 2 is 1.00 bits per heavy atom. The predicted molar refractivity (Wildman–Crippen MR) is 186 cm³/mol. The van der Waals surface area contributed by atoms with Crippen molar-refractivity contribution >= 4 is 17.3 Å². The molecule has 2 N–H and O–H groups in total. The average Bonchev–Trinajstić information content (AvgIpc) is 3.38. The van der Waals surface area contributed by atoms with Crippen LogP contribution in [0.15, 0.2) is 140 Å². The van der Waals surface area contributed by atoms with Gasteiger partial charge in [-0.15, -0.1) is 0 Å². The van der Waals surface area contributed by atoms with Gasteiger partial charge in [-0.25, -0.2) is 0 Å². The van der Waals surface area contributed by atoms with Crippen LogP contribution < -0.4 is 4.90 Å². The van der Waals surface area contributed by atoms with E-state index in [1.54, 1.807) is 0 Å². The number of fused-ring (bicyclic) bond motifs is 1. The third-order valence-corrected chi connectivity index (χ3v) is 9.26. The largest absolute Gasteiger partial charge is 0.507 e. The van der Waals surface area contributed by atoms with Gasteiger partial charge in [-0.1, -0.05) is 123 Å². The summed E-state index contributed by atoms with van der Waals surface area (Å²) in [7, 11) is 0. The number of carbonyl (C=O) groups excluding carboxylic acids is 1. The Hall–Kier alpha value is -5.61. The third-order valence-electron chi connectivity index (χ3n) is 9.26. The van der Waals surface area contributed by atoms with Crippen LogP contribution in [0.3, 0.4) is 0 Å². The highest BCUT2D eigenvalue weighted by Gasteiger charge is 2.54. The molecule has 0 spiro atoms. The first kappa shape index (κ1) is 29.1. The Balaban J connectivity index is 1.62. The number of carbonyl (C=O) groups is 1. The fourth-order valence-corrected chi connectivity index (χ4v) is 6.97. The highest BCUT2D eigenvalue weighted by molar-refractivity contribution is 6.17. The number of anilines is 2. The lowest BCUT2D eigenvalue weighted by molar-refractivity contribution is -0.120. The van der Waals surface area contributed by atoms with Crippen LogP contribution in [-0.4, -0.2) is 16.1 Å². The predicted octanol–water partition coefficient (Wildman–Crippen LogP) is 9.57. The Morgan fingerprint density at radius 1 is 0.565 bits per heavy atom. The van der Waals surface area contributed by atoms with Crippen molar-refractivity contribution in [1.29, 1.82) is 0 Å². The van der Waals surface area contributed by atoms with Crippen molar-refractivity contribution in [2.75, 3.05) is 4.90 Å². The number of amides is 1. The number of hydrogen-bond donors (Lipinski definition) is 2. The maximum Gasteiger partial charge on any atom is 0.251 e. The van der Waals surface area contributed by atoms with Gasteiger partial charge in [0.2, 0.25) is 0 Å². The first-order chi connectivity index (χ1) is 22.5. The molecule has 6 aromatic carbocycles. The van der Waals surface area contributed by atoms with Gasteiger partial charge in [-0.3, -0.25) is 9.69 Å². The van der Waals surface area contributed by atoms with Crippen LogP contribution in [0.25, 0.3) is 22.3 Å². The second-order valence-corrected chi connectivity index (χ2v) is 11.7. The Kier molecular flexibility index (Phi) is 7.42. The van der Waals surface area contributed by atoms with E-state index in [1.807, 2.05) is 158 Å². The molecule has 1 aliphatic rings. The number of aryl methyl sites for hydroxylation is 2. The van der Waals surface area contributed by atoms with E-state index in [2.05, 4.69) is 0 Å². The molecule has 0 fully saturated rings. The fourth-order valence-electron chi connectivity index (χ4n) is 6.97. The van der Waals surface area contributed by atoms with Crippen molar-refractivity contribution in [3.05, 3.63) is 167 Å². The van der Waals surface area contributed by atoms with E-state index in [4.69, 9.17) is 0 Å². The molecule has 0 atom stereocenters. The van der Waals surface area contributed by atoms with Crippen molar-refractivity contribution in [3.8, 4) is 33.8 Å². The minimum atomic E-state index is -1.28. The van der Waals surface area contributed by atoms with Crippen LogP contribution in [0.1, 0.15) is 41.7 Å². The Labute approximate surface area is 269 Å². The van der Waals surface area contributed by atoms with E-state index in [1.165, 1.54) is 0 Å². The smallest absolute Gasteiger partial charge is 0.251 e. The second kappa shape index (κ2) is 11.7. The fraction of sp³-hybridized carbons (Fsp3) is 0.119. The van der Waals surface area contributed by atoms with Crippen LogP contribution >= 0.6 is 0 Å². The maximum atomic E-state index is 15.6. The van der Waals surface area contributed by atoms with Crippen molar-refractivity contribution in [1.82, 2.24) is 0 Å². The molecule has 0 unspecified atom stereocenters. The van der Waals surface area contributed by atoms with Gasteiger partial charge in [0.25, 0.3) is 5.91 Å². The molecule has 0 bridgehead atoms. The number of phenols is 2. The zero-order valence-electron chi connectivity index (χ0n) is 25.9. The summed E-state index contributed by atoms with van der Waals surface area (Å²) in [5, 5.41) is 23.1. The van der Waals surface area contributed by atoms with Crippen LogP contribution in [0.4, 0.5) is 11.4 Å². The molecule has 0 aliphatic carbocycles. The van der Waals surface area contributed by atoms with Gasteiger partial charge in [-0.2, -0.15) is 0 Å². The summed E-state index contributed by atoms with van der Waals surface area (Å²) in [5.74, 6) is 0.325. The second-order valence-electron chi connectivity index (χ2n) is 11.7. The van der Waals surface area contributed by atoms with E-state index < -0.39 is 5.41 Å². The molecule has 226 valence electrons. The van der Waals surface area contributed by atoms with E-state index in [9.17, 15) is 10.2 Å². The minimum absolute atomic E-state index is 0.113. The standard InChI is InChI=1S/C42H35NO3/c1-3-28-24-32(26-35(39(28)44)30-16-8-5-9-17-30)42(33-25-29(4-2)40(45)36(27-33)31-18-10-6-11-19-31)37-22-14-15-23-38(37)43(41(42)46)34-20-12-7-13-21-34/h5-27,44-45H,3-4H2,1-2H3. The number of phenolic OH excluding ortho intramolecular Hbond substituents is 2. The number of aromatic hydroxyl groups is 2. The number of hydrogen-bond acceptors (Lipinski definition) is 3. The molecule has 1 heterocycles. The molecule has 4 heteroatoms. The summed E-state index contributed by atoms with van der Waals surface area (Å²) in [4.78, 5) is 17.4. The molecular formula is C42H35NO3. The van der Waals surface area contributed by atoms with E-state index in [-0.39, 0.29) is 17.4 Å². The van der Waals surface area contributed by atoms with E-state index in [0.717, 1.165) is 50.3 Å². The van der Waals surface area contributed by atoms with Crippen LogP contribution in [-0.2, 0) is 23.1 Å². The minimum Gasteiger partial charge on any atom is -0.507 e. The van der Waals surface area contributed by atoms with Gasteiger partial charge in [0.05, 0.1) is 5.69 Å². The summed E-state index contributed by atoms with van der Waals surface area (Å²) in [6.07, 6.45) is 1.16. The summed E-state index contributed by atoms with van der Waals surface area (Å²) < 4.78 is 0. The lowest BCUT2D eigenvalue weighted by Crippen LogP contribution is -2.40. The number of nitrogens with zero attached hydrogens (tertiary/aromatic N) is 1. The van der Waals surface area contributed by atoms with Crippen molar-refractivity contribution in [2.45, 2.75) is 32.1 Å². The molecule has 0 saturated carbocycles.